The molecule has 1 aromatic heterocycles. The van der Waals surface area contributed by atoms with E-state index in [1.54, 1.807) is 6.92 Å². The van der Waals surface area contributed by atoms with Gasteiger partial charge in [0, 0.05) is 30.1 Å². The van der Waals surface area contributed by atoms with Crippen molar-refractivity contribution >= 4 is 17.4 Å². The Morgan fingerprint density at radius 3 is 2.89 bits per heavy atom. The first-order valence-electron chi connectivity index (χ1n) is 6.97. The highest BCUT2D eigenvalue weighted by Gasteiger charge is 2.20. The number of alkyl halides is 1. The lowest BCUT2D eigenvalue weighted by Crippen LogP contribution is -2.14. The average molecular weight is 284 g/mol. The number of hydrogen-bond acceptors (Lipinski definition) is 2. The van der Waals surface area contributed by atoms with Gasteiger partial charge in [0.25, 0.3) is 0 Å². The Hall–Kier alpha value is -0.800. The number of Topliss-reactive ketones (excluding diaryl/α,β-unsaturated/α-hetero) is 1. The summed E-state index contributed by atoms with van der Waals surface area (Å²) in [7, 11) is 0. The van der Waals surface area contributed by atoms with Crippen molar-refractivity contribution in [3.63, 3.8) is 0 Å². The molecule has 1 saturated heterocycles. The molecule has 2 rings (SSSR count). The number of halogens is 1. The van der Waals surface area contributed by atoms with Gasteiger partial charge in [0.15, 0.2) is 5.78 Å². The summed E-state index contributed by atoms with van der Waals surface area (Å²) < 4.78 is 7.85. The van der Waals surface area contributed by atoms with E-state index in [0.29, 0.717) is 6.10 Å². The Bertz CT molecular complexity index is 459. The van der Waals surface area contributed by atoms with Crippen LogP contribution in [0.25, 0.3) is 0 Å². The highest BCUT2D eigenvalue weighted by molar-refractivity contribution is 6.33. The summed E-state index contributed by atoms with van der Waals surface area (Å²) in [6, 6.07) is 1.95. The second kappa shape index (κ2) is 6.10. The van der Waals surface area contributed by atoms with Crippen molar-refractivity contribution in [1.29, 1.82) is 0 Å². The molecule has 0 bridgehead atoms. The fourth-order valence-electron chi connectivity index (χ4n) is 2.75. The van der Waals surface area contributed by atoms with E-state index in [1.807, 2.05) is 19.9 Å². The van der Waals surface area contributed by atoms with Crippen LogP contribution in [0.3, 0.4) is 0 Å². The number of rotatable bonds is 5. The highest BCUT2D eigenvalue weighted by atomic mass is 35.5. The van der Waals surface area contributed by atoms with Crippen molar-refractivity contribution in [3.8, 4) is 0 Å². The minimum absolute atomic E-state index is 0.0122. The summed E-state index contributed by atoms with van der Waals surface area (Å²) in [5, 5.41) is -0.466. The van der Waals surface area contributed by atoms with Crippen molar-refractivity contribution in [2.24, 2.45) is 0 Å². The quantitative estimate of drug-likeness (QED) is 0.612. The molecule has 0 amide bonds. The molecule has 0 aliphatic carbocycles. The van der Waals surface area contributed by atoms with Gasteiger partial charge in [-0.3, -0.25) is 4.79 Å². The van der Waals surface area contributed by atoms with Crippen molar-refractivity contribution < 1.29 is 9.53 Å². The molecule has 1 fully saturated rings. The van der Waals surface area contributed by atoms with E-state index in [1.165, 1.54) is 6.42 Å². The molecule has 2 atom stereocenters. The van der Waals surface area contributed by atoms with Gasteiger partial charge in [-0.15, -0.1) is 11.6 Å². The summed E-state index contributed by atoms with van der Waals surface area (Å²) in [5.74, 6) is 0.0122. The molecule has 2 unspecified atom stereocenters. The molecule has 1 aliphatic heterocycles. The van der Waals surface area contributed by atoms with Crippen LogP contribution in [0, 0.1) is 13.8 Å². The maximum atomic E-state index is 12.0. The second-order valence-corrected chi connectivity index (χ2v) is 6.00. The van der Waals surface area contributed by atoms with Crippen LogP contribution in [0.1, 0.15) is 47.9 Å². The smallest absolute Gasteiger partial charge is 0.182 e. The van der Waals surface area contributed by atoms with Crippen LogP contribution < -0.4 is 0 Å². The molecule has 1 aromatic rings. The molecule has 0 radical (unpaired) electrons. The van der Waals surface area contributed by atoms with Crippen molar-refractivity contribution in [3.05, 3.63) is 23.0 Å². The van der Waals surface area contributed by atoms with Gasteiger partial charge in [-0.1, -0.05) is 0 Å². The molecule has 19 heavy (non-hydrogen) atoms. The second-order valence-electron chi connectivity index (χ2n) is 5.34. The molecule has 0 saturated carbocycles. The third kappa shape index (κ3) is 3.21. The summed E-state index contributed by atoms with van der Waals surface area (Å²) in [5.41, 5.74) is 2.90. The van der Waals surface area contributed by atoms with Gasteiger partial charge >= 0.3 is 0 Å². The maximum Gasteiger partial charge on any atom is 0.182 e. The molecule has 4 heteroatoms. The number of hydrogen-bond donors (Lipinski definition) is 0. The van der Waals surface area contributed by atoms with Crippen molar-refractivity contribution in [2.75, 3.05) is 6.61 Å². The third-order valence-electron chi connectivity index (χ3n) is 3.90. The molecule has 0 spiro atoms. The monoisotopic (exact) mass is 283 g/mol. The first-order valence-corrected chi connectivity index (χ1v) is 7.41. The van der Waals surface area contributed by atoms with Crippen LogP contribution in [0.2, 0.25) is 0 Å². The van der Waals surface area contributed by atoms with Gasteiger partial charge < -0.3 is 9.30 Å². The lowest BCUT2D eigenvalue weighted by atomic mass is 10.1. The average Bonchev–Trinajstić information content (AvgIpc) is 2.96. The van der Waals surface area contributed by atoms with E-state index < -0.39 is 5.38 Å². The van der Waals surface area contributed by atoms with Gasteiger partial charge in [0.2, 0.25) is 0 Å². The number of aryl methyl sites for hydroxylation is 1. The summed E-state index contributed by atoms with van der Waals surface area (Å²) >= 11 is 5.90. The van der Waals surface area contributed by atoms with E-state index in [9.17, 15) is 4.79 Å². The normalized spacial score (nSPS) is 20.7. The van der Waals surface area contributed by atoms with Gasteiger partial charge in [-0.05, 0) is 46.1 Å². The molecular weight excluding hydrogens is 262 g/mol. The van der Waals surface area contributed by atoms with E-state index in [0.717, 1.165) is 42.9 Å². The van der Waals surface area contributed by atoms with Gasteiger partial charge in [-0.25, -0.2) is 0 Å². The number of aromatic nitrogens is 1. The van der Waals surface area contributed by atoms with Gasteiger partial charge in [0.05, 0.1) is 11.5 Å². The zero-order valence-corrected chi connectivity index (χ0v) is 12.7. The number of ether oxygens (including phenoxy) is 1. The summed E-state index contributed by atoms with van der Waals surface area (Å²) in [6.07, 6.45) is 3.72. The summed E-state index contributed by atoms with van der Waals surface area (Å²) in [6.45, 7) is 7.56. The lowest BCUT2D eigenvalue weighted by molar-refractivity contribution is 0.0989. The number of carbonyl (C=O) groups is 1. The predicted molar refractivity (Wildman–Crippen MR) is 77.1 cm³/mol. The Labute approximate surface area is 119 Å². The fourth-order valence-corrected chi connectivity index (χ4v) is 2.87. The summed E-state index contributed by atoms with van der Waals surface area (Å²) in [4.78, 5) is 12.0. The predicted octanol–water partition coefficient (Wildman–Crippen LogP) is 3.48. The van der Waals surface area contributed by atoms with E-state index in [4.69, 9.17) is 16.3 Å². The topological polar surface area (TPSA) is 31.2 Å². The van der Waals surface area contributed by atoms with Gasteiger partial charge in [0.1, 0.15) is 0 Å². The van der Waals surface area contributed by atoms with Crippen LogP contribution in [-0.2, 0) is 11.3 Å². The van der Waals surface area contributed by atoms with Crippen LogP contribution in [-0.4, -0.2) is 28.4 Å². The zero-order chi connectivity index (χ0) is 14.0. The number of ketones is 1. The molecular formula is C15H22ClNO2. The van der Waals surface area contributed by atoms with Gasteiger partial charge in [-0.2, -0.15) is 0 Å². The molecule has 2 heterocycles. The fraction of sp³-hybridized carbons (Fsp3) is 0.667. The van der Waals surface area contributed by atoms with Crippen molar-refractivity contribution in [2.45, 2.75) is 58.1 Å². The highest BCUT2D eigenvalue weighted by Crippen LogP contribution is 2.21. The molecule has 0 N–H and O–H groups in total. The first-order chi connectivity index (χ1) is 9.00. The standard InChI is InChI=1S/C15H22ClNO2/c1-10-9-14(15(18)11(2)16)12(3)17(10)7-6-13-5-4-8-19-13/h9,11,13H,4-8H2,1-3H3. The van der Waals surface area contributed by atoms with Crippen molar-refractivity contribution in [1.82, 2.24) is 4.57 Å². The maximum absolute atomic E-state index is 12.0. The van der Waals surface area contributed by atoms with Crippen LogP contribution >= 0.6 is 11.6 Å². The number of nitrogens with zero attached hydrogens (tertiary/aromatic N) is 1. The SMILES string of the molecule is Cc1cc(C(=O)C(C)Cl)c(C)n1CCC1CCCO1. The van der Waals surface area contributed by atoms with E-state index >= 15 is 0 Å². The van der Waals surface area contributed by atoms with Crippen LogP contribution in [0.15, 0.2) is 6.07 Å². The Balaban J connectivity index is 2.10. The first kappa shape index (κ1) is 14.6. The minimum atomic E-state index is -0.466. The van der Waals surface area contributed by atoms with Crippen LogP contribution in [0.4, 0.5) is 0 Å². The molecule has 1 aliphatic rings. The lowest BCUT2D eigenvalue weighted by Gasteiger charge is -2.13. The zero-order valence-electron chi connectivity index (χ0n) is 11.9. The molecule has 0 aromatic carbocycles. The Kier molecular flexibility index (Phi) is 4.69. The van der Waals surface area contributed by atoms with E-state index in [-0.39, 0.29) is 5.78 Å². The Morgan fingerprint density at radius 1 is 1.58 bits per heavy atom. The molecule has 106 valence electrons. The third-order valence-corrected chi connectivity index (χ3v) is 4.10. The molecule has 3 nitrogen and oxygen atoms in total. The van der Waals surface area contributed by atoms with E-state index in [2.05, 4.69) is 4.57 Å². The van der Waals surface area contributed by atoms with Crippen LogP contribution in [0.5, 0.6) is 0 Å². The number of carbonyl (C=O) groups excluding carboxylic acids is 1. The largest absolute Gasteiger partial charge is 0.378 e. The Morgan fingerprint density at radius 2 is 2.32 bits per heavy atom. The minimum Gasteiger partial charge on any atom is -0.378 e.